The third kappa shape index (κ3) is 4.17. The van der Waals surface area contributed by atoms with E-state index in [4.69, 9.17) is 9.97 Å². The first-order valence-corrected chi connectivity index (χ1v) is 20.0. The zero-order valence-corrected chi connectivity index (χ0v) is 30.8. The Morgan fingerprint density at radius 1 is 0.464 bits per heavy atom. The van der Waals surface area contributed by atoms with E-state index in [1.807, 2.05) is 0 Å². The number of rotatable bonds is 2. The van der Waals surface area contributed by atoms with Crippen LogP contribution in [0.3, 0.4) is 0 Å². The maximum atomic E-state index is 5.71. The maximum absolute atomic E-state index is 5.71. The van der Waals surface area contributed by atoms with Crippen LogP contribution in [0.15, 0.2) is 158 Å². The van der Waals surface area contributed by atoms with Gasteiger partial charge in [0, 0.05) is 38.4 Å². The Hall–Kier alpha value is -6.84. The molecule has 13 rings (SSSR count). The van der Waals surface area contributed by atoms with Crippen molar-refractivity contribution in [1.82, 2.24) is 14.4 Å². The summed E-state index contributed by atoms with van der Waals surface area (Å²) in [4.78, 5) is 11.0. The molecule has 11 aromatic rings. The van der Waals surface area contributed by atoms with Gasteiger partial charge in [0.25, 0.3) is 0 Å². The minimum atomic E-state index is 0.0330. The van der Waals surface area contributed by atoms with Gasteiger partial charge in [-0.2, -0.15) is 0 Å². The van der Waals surface area contributed by atoms with Gasteiger partial charge in [-0.25, -0.2) is 9.97 Å². The van der Waals surface area contributed by atoms with Gasteiger partial charge in [0.05, 0.1) is 27.8 Å². The smallest absolute Gasteiger partial charge is 0.160 e. The predicted octanol–water partition coefficient (Wildman–Crippen LogP) is 13.1. The van der Waals surface area contributed by atoms with Gasteiger partial charge in [-0.15, -0.1) is 0 Å². The number of benzene rings is 8. The minimum absolute atomic E-state index is 0.0330. The average molecular weight is 714 g/mol. The van der Waals surface area contributed by atoms with Crippen LogP contribution in [0, 0.1) is 0 Å². The van der Waals surface area contributed by atoms with Crippen molar-refractivity contribution in [3.63, 3.8) is 0 Å². The monoisotopic (exact) mass is 713 g/mol. The van der Waals surface area contributed by atoms with Crippen LogP contribution in [0.5, 0.6) is 0 Å². The van der Waals surface area contributed by atoms with Crippen LogP contribution < -0.4 is 0 Å². The average Bonchev–Trinajstić information content (AvgIpc) is 3.70. The molecule has 262 valence electrons. The molecule has 1 atom stereocenters. The molecule has 3 nitrogen and oxygen atoms in total. The highest BCUT2D eigenvalue weighted by Gasteiger charge is 2.33. The van der Waals surface area contributed by atoms with Gasteiger partial charge in [-0.05, 0) is 117 Å². The molecule has 0 amide bonds. The van der Waals surface area contributed by atoms with Crippen LogP contribution in [-0.4, -0.2) is 14.4 Å². The van der Waals surface area contributed by atoms with Crippen molar-refractivity contribution >= 4 is 59.8 Å². The lowest BCUT2D eigenvalue weighted by Crippen LogP contribution is -2.09. The number of aryl methyl sites for hydroxylation is 3. The molecule has 0 radical (unpaired) electrons. The van der Waals surface area contributed by atoms with E-state index in [9.17, 15) is 0 Å². The van der Waals surface area contributed by atoms with E-state index in [1.54, 1.807) is 0 Å². The number of aromatic nitrogens is 3. The number of nitrogens with zero attached hydrogens (tertiary/aromatic N) is 3. The maximum Gasteiger partial charge on any atom is 0.160 e. The molecular weight excluding hydrogens is 679 g/mol. The first-order valence-electron chi connectivity index (χ1n) is 20.0. The summed E-state index contributed by atoms with van der Waals surface area (Å²) < 4.78 is 2.55. The fourth-order valence-electron chi connectivity index (χ4n) is 10.5. The molecule has 1 unspecified atom stereocenters. The summed E-state index contributed by atoms with van der Waals surface area (Å²) in [5.74, 6) is 0.830. The van der Waals surface area contributed by atoms with Gasteiger partial charge in [-0.1, -0.05) is 121 Å². The number of para-hydroxylation sites is 2. The molecule has 56 heavy (non-hydrogen) atoms. The highest BCUT2D eigenvalue weighted by atomic mass is 14.9. The van der Waals surface area contributed by atoms with Gasteiger partial charge in [0.15, 0.2) is 5.82 Å². The highest BCUT2D eigenvalue weighted by Crippen LogP contribution is 2.52. The highest BCUT2D eigenvalue weighted by molar-refractivity contribution is 6.27. The van der Waals surface area contributed by atoms with E-state index in [0.717, 1.165) is 53.7 Å². The van der Waals surface area contributed by atoms with Gasteiger partial charge in [0.2, 0.25) is 0 Å². The van der Waals surface area contributed by atoms with Crippen molar-refractivity contribution in [2.75, 3.05) is 0 Å². The quantitative estimate of drug-likeness (QED) is 0.179. The van der Waals surface area contributed by atoms with Crippen molar-refractivity contribution in [2.45, 2.75) is 31.6 Å². The van der Waals surface area contributed by atoms with Crippen LogP contribution in [-0.2, 0) is 19.3 Å². The van der Waals surface area contributed by atoms with Crippen molar-refractivity contribution in [1.29, 1.82) is 0 Å². The summed E-state index contributed by atoms with van der Waals surface area (Å²) in [6, 6.07) is 58.7. The second-order valence-electron chi connectivity index (χ2n) is 15.9. The van der Waals surface area contributed by atoms with E-state index in [0.29, 0.717) is 0 Å². The first-order chi connectivity index (χ1) is 27.8. The Morgan fingerprint density at radius 2 is 1.14 bits per heavy atom. The molecule has 2 aliphatic carbocycles. The van der Waals surface area contributed by atoms with Gasteiger partial charge < -0.3 is 4.40 Å². The molecule has 0 saturated carbocycles. The van der Waals surface area contributed by atoms with Crippen LogP contribution in [0.1, 0.15) is 40.3 Å². The summed E-state index contributed by atoms with van der Waals surface area (Å²) in [5.41, 5.74) is 17.9. The summed E-state index contributed by atoms with van der Waals surface area (Å²) in [5, 5.41) is 8.93. The molecule has 0 aliphatic heterocycles. The molecule has 0 N–H and O–H groups in total. The predicted molar refractivity (Wildman–Crippen MR) is 232 cm³/mol. The molecule has 3 heteroatoms. The third-order valence-corrected chi connectivity index (χ3v) is 13.0. The molecule has 3 aromatic heterocycles. The second kappa shape index (κ2) is 11.3. The van der Waals surface area contributed by atoms with Gasteiger partial charge in [0.1, 0.15) is 0 Å². The molecule has 3 heterocycles. The van der Waals surface area contributed by atoms with Crippen molar-refractivity contribution in [2.24, 2.45) is 0 Å². The Labute approximate surface area is 323 Å². The van der Waals surface area contributed by atoms with E-state index in [-0.39, 0.29) is 5.92 Å². The lowest BCUT2D eigenvalue weighted by Gasteiger charge is -2.23. The minimum Gasteiger partial charge on any atom is -0.308 e. The summed E-state index contributed by atoms with van der Waals surface area (Å²) in [7, 11) is 0. The zero-order chi connectivity index (χ0) is 36.5. The Morgan fingerprint density at radius 3 is 2.00 bits per heavy atom. The van der Waals surface area contributed by atoms with Crippen LogP contribution in [0.25, 0.3) is 93.4 Å². The Bertz CT molecular complexity index is 3440. The SMILES string of the molecule is c1ccc2c(c1)CCc1ccc(-c3nc(C4CCc5ccccc5-c5cc6c7ccccc7n7c8cc9ccccc9cc8c(c54)c67)c4ccccc4n3)cc1-2. The Balaban J connectivity index is 1.15. The second-order valence-corrected chi connectivity index (χ2v) is 15.9. The van der Waals surface area contributed by atoms with Crippen LogP contribution in [0.2, 0.25) is 0 Å². The molecular formula is C53H35N3. The van der Waals surface area contributed by atoms with Crippen LogP contribution in [0.4, 0.5) is 0 Å². The molecule has 0 saturated heterocycles. The summed E-state index contributed by atoms with van der Waals surface area (Å²) >= 11 is 0. The lowest BCUT2D eigenvalue weighted by atomic mass is 9.83. The van der Waals surface area contributed by atoms with Crippen molar-refractivity contribution in [3.8, 4) is 33.6 Å². The fourth-order valence-corrected chi connectivity index (χ4v) is 10.5. The molecule has 0 fully saturated rings. The van der Waals surface area contributed by atoms with Gasteiger partial charge >= 0.3 is 0 Å². The largest absolute Gasteiger partial charge is 0.308 e. The Kier molecular flexibility index (Phi) is 6.18. The van der Waals surface area contributed by atoms with E-state index >= 15 is 0 Å². The van der Waals surface area contributed by atoms with E-state index in [2.05, 4.69) is 162 Å². The number of hydrogen-bond acceptors (Lipinski definition) is 2. The standard InChI is InChI=1S/C53H35N3/c1-2-14-35-29-48-45(27-34(35)13-1)50-49-41(26-25-32-12-4-6-16-38(32)43(49)30-44-39-17-8-10-20-47(39)56(48)52(44)50)51-40-18-7-9-19-46(40)54-53(55-51)36-24-23-33-22-21-31-11-3-5-15-37(31)42(33)28-36/h1-20,23-24,27-30,41H,21-22,25-26H2. The van der Waals surface area contributed by atoms with Gasteiger partial charge in [-0.3, -0.25) is 0 Å². The topological polar surface area (TPSA) is 30.2 Å². The molecule has 8 aromatic carbocycles. The summed E-state index contributed by atoms with van der Waals surface area (Å²) in [6.07, 6.45) is 4.05. The normalized spacial score (nSPS) is 15.0. The zero-order valence-electron chi connectivity index (χ0n) is 30.8. The molecule has 0 bridgehead atoms. The molecule has 0 spiro atoms. The van der Waals surface area contributed by atoms with Crippen molar-refractivity contribution in [3.05, 3.63) is 186 Å². The first kappa shape index (κ1) is 30.5. The fraction of sp³-hybridized carbons (Fsp3) is 0.0943. The van der Waals surface area contributed by atoms with Crippen LogP contribution >= 0.6 is 0 Å². The third-order valence-electron chi connectivity index (χ3n) is 13.0. The summed E-state index contributed by atoms with van der Waals surface area (Å²) in [6.45, 7) is 0. The van der Waals surface area contributed by atoms with E-state index in [1.165, 1.54) is 93.4 Å². The number of fused-ring (bicyclic) bond motifs is 15. The van der Waals surface area contributed by atoms with E-state index < -0.39 is 0 Å². The lowest BCUT2D eigenvalue weighted by molar-refractivity contribution is 0.715. The molecule has 2 aliphatic rings. The van der Waals surface area contributed by atoms with Crippen molar-refractivity contribution < 1.29 is 0 Å². The number of hydrogen-bond donors (Lipinski definition) is 0.